The van der Waals surface area contributed by atoms with Crippen LogP contribution in [0.15, 0.2) is 42.5 Å². The zero-order chi connectivity index (χ0) is 13.8. The van der Waals surface area contributed by atoms with Crippen molar-refractivity contribution < 1.29 is 4.74 Å². The Morgan fingerprint density at radius 1 is 1.20 bits per heavy atom. The zero-order valence-corrected chi connectivity index (χ0v) is 12.1. The highest BCUT2D eigenvalue weighted by Crippen LogP contribution is 2.29. The number of nitrogens with one attached hydrogen (secondary N) is 1. The van der Waals surface area contributed by atoms with Crippen LogP contribution >= 0.6 is 0 Å². The van der Waals surface area contributed by atoms with Crippen molar-refractivity contribution in [3.8, 4) is 5.75 Å². The van der Waals surface area contributed by atoms with E-state index in [-0.39, 0.29) is 0 Å². The van der Waals surface area contributed by atoms with Crippen molar-refractivity contribution in [3.05, 3.63) is 42.5 Å². The minimum Gasteiger partial charge on any atom is -0.489 e. The van der Waals surface area contributed by atoms with Gasteiger partial charge in [0, 0.05) is 17.8 Å². The average molecular weight is 269 g/mol. The maximum Gasteiger partial charge on any atom is 0.127 e. The Bertz CT molecular complexity index is 555. The molecule has 1 aliphatic rings. The number of fused-ring (bicyclic) bond motifs is 1. The summed E-state index contributed by atoms with van der Waals surface area (Å²) in [6, 6.07) is 14.8. The van der Waals surface area contributed by atoms with Gasteiger partial charge in [0.1, 0.15) is 11.9 Å². The van der Waals surface area contributed by atoms with Gasteiger partial charge in [-0.25, -0.2) is 0 Å². The second kappa shape index (κ2) is 6.27. The molecule has 1 N–H and O–H groups in total. The SMILES string of the molecule is CCC[C@H](Oc1cccc2ccccc12)C1CCNC1. The van der Waals surface area contributed by atoms with E-state index in [1.165, 1.54) is 23.6 Å². The highest BCUT2D eigenvalue weighted by Gasteiger charge is 2.26. The van der Waals surface area contributed by atoms with E-state index in [0.29, 0.717) is 12.0 Å². The van der Waals surface area contributed by atoms with Gasteiger partial charge in [0.15, 0.2) is 0 Å². The minimum absolute atomic E-state index is 0.334. The molecule has 2 aromatic carbocycles. The lowest BCUT2D eigenvalue weighted by molar-refractivity contribution is 0.134. The summed E-state index contributed by atoms with van der Waals surface area (Å²) in [7, 11) is 0. The van der Waals surface area contributed by atoms with Crippen LogP contribution in [0.25, 0.3) is 10.8 Å². The van der Waals surface area contributed by atoms with Crippen molar-refractivity contribution in [2.24, 2.45) is 5.92 Å². The van der Waals surface area contributed by atoms with Gasteiger partial charge in [-0.15, -0.1) is 0 Å². The maximum absolute atomic E-state index is 6.41. The van der Waals surface area contributed by atoms with Crippen molar-refractivity contribution >= 4 is 10.8 Å². The van der Waals surface area contributed by atoms with Gasteiger partial charge in [0.2, 0.25) is 0 Å². The van der Waals surface area contributed by atoms with Gasteiger partial charge in [-0.05, 0) is 30.8 Å². The van der Waals surface area contributed by atoms with Crippen LogP contribution in [-0.2, 0) is 0 Å². The fraction of sp³-hybridized carbons (Fsp3) is 0.444. The van der Waals surface area contributed by atoms with E-state index in [2.05, 4.69) is 54.7 Å². The Labute approximate surface area is 121 Å². The molecule has 0 aliphatic carbocycles. The summed E-state index contributed by atoms with van der Waals surface area (Å²) in [5.74, 6) is 1.68. The Morgan fingerprint density at radius 3 is 2.85 bits per heavy atom. The molecule has 2 heteroatoms. The molecular formula is C18H23NO. The molecule has 2 atom stereocenters. The molecule has 0 spiro atoms. The molecular weight excluding hydrogens is 246 g/mol. The number of rotatable bonds is 5. The van der Waals surface area contributed by atoms with Crippen LogP contribution in [0.5, 0.6) is 5.75 Å². The average Bonchev–Trinajstić information content (AvgIpc) is 3.01. The van der Waals surface area contributed by atoms with Gasteiger partial charge in [-0.2, -0.15) is 0 Å². The van der Waals surface area contributed by atoms with Gasteiger partial charge in [-0.3, -0.25) is 0 Å². The summed E-state index contributed by atoms with van der Waals surface area (Å²) in [5.41, 5.74) is 0. The van der Waals surface area contributed by atoms with Gasteiger partial charge >= 0.3 is 0 Å². The lowest BCUT2D eigenvalue weighted by Crippen LogP contribution is -2.28. The normalized spacial score (nSPS) is 20.1. The van der Waals surface area contributed by atoms with Crippen molar-refractivity contribution in [2.45, 2.75) is 32.3 Å². The summed E-state index contributed by atoms with van der Waals surface area (Å²) in [5, 5.41) is 5.93. The summed E-state index contributed by atoms with van der Waals surface area (Å²) < 4.78 is 6.41. The van der Waals surface area contributed by atoms with E-state index in [4.69, 9.17) is 4.74 Å². The lowest BCUT2D eigenvalue weighted by atomic mass is 9.97. The highest BCUT2D eigenvalue weighted by molar-refractivity contribution is 5.88. The molecule has 2 nitrogen and oxygen atoms in total. The first-order valence-corrected chi connectivity index (χ1v) is 7.73. The summed E-state index contributed by atoms with van der Waals surface area (Å²) in [4.78, 5) is 0. The first-order valence-electron chi connectivity index (χ1n) is 7.73. The predicted molar refractivity (Wildman–Crippen MR) is 84.2 cm³/mol. The third-order valence-electron chi connectivity index (χ3n) is 4.23. The molecule has 0 radical (unpaired) electrons. The second-order valence-corrected chi connectivity index (χ2v) is 5.68. The number of benzene rings is 2. The van der Waals surface area contributed by atoms with Crippen LogP contribution in [0, 0.1) is 5.92 Å². The van der Waals surface area contributed by atoms with Crippen LogP contribution in [0.4, 0.5) is 0 Å². The smallest absolute Gasteiger partial charge is 0.127 e. The quantitative estimate of drug-likeness (QED) is 0.886. The van der Waals surface area contributed by atoms with E-state index in [0.717, 1.165) is 25.3 Å². The maximum atomic E-state index is 6.41. The number of hydrogen-bond acceptors (Lipinski definition) is 2. The molecule has 3 rings (SSSR count). The van der Waals surface area contributed by atoms with Gasteiger partial charge < -0.3 is 10.1 Å². The Hall–Kier alpha value is -1.54. The predicted octanol–water partition coefficient (Wildman–Crippen LogP) is 4.00. The molecule has 1 unspecified atom stereocenters. The molecule has 1 fully saturated rings. The minimum atomic E-state index is 0.334. The second-order valence-electron chi connectivity index (χ2n) is 5.68. The molecule has 0 saturated carbocycles. The van der Waals surface area contributed by atoms with E-state index in [1.807, 2.05) is 0 Å². The van der Waals surface area contributed by atoms with Gasteiger partial charge in [0.25, 0.3) is 0 Å². The van der Waals surface area contributed by atoms with E-state index >= 15 is 0 Å². The van der Waals surface area contributed by atoms with Crippen LogP contribution < -0.4 is 10.1 Å². The number of ether oxygens (including phenoxy) is 1. The highest BCUT2D eigenvalue weighted by atomic mass is 16.5. The van der Waals surface area contributed by atoms with Crippen molar-refractivity contribution in [1.29, 1.82) is 0 Å². The van der Waals surface area contributed by atoms with Crippen LogP contribution in [-0.4, -0.2) is 19.2 Å². The fourth-order valence-electron chi connectivity index (χ4n) is 3.13. The summed E-state index contributed by atoms with van der Waals surface area (Å²) in [6.45, 7) is 4.46. The Morgan fingerprint density at radius 2 is 2.05 bits per heavy atom. The molecule has 1 aliphatic heterocycles. The van der Waals surface area contributed by atoms with E-state index in [1.54, 1.807) is 0 Å². The zero-order valence-electron chi connectivity index (χ0n) is 12.1. The standard InChI is InChI=1S/C18H23NO/c1-2-6-17(15-11-12-19-13-15)20-18-10-5-8-14-7-3-4-9-16(14)18/h3-5,7-10,15,17,19H,2,6,11-13H2,1H3/t15?,17-/m0/s1. The third kappa shape index (κ3) is 2.80. The number of hydrogen-bond donors (Lipinski definition) is 1. The molecule has 2 aromatic rings. The molecule has 0 aromatic heterocycles. The monoisotopic (exact) mass is 269 g/mol. The molecule has 1 heterocycles. The molecule has 0 bridgehead atoms. The largest absolute Gasteiger partial charge is 0.489 e. The van der Waals surface area contributed by atoms with Crippen LogP contribution in [0.3, 0.4) is 0 Å². The first-order chi connectivity index (χ1) is 9.88. The third-order valence-corrected chi connectivity index (χ3v) is 4.23. The lowest BCUT2D eigenvalue weighted by Gasteiger charge is -2.24. The summed E-state index contributed by atoms with van der Waals surface area (Å²) in [6.07, 6.45) is 3.87. The topological polar surface area (TPSA) is 21.3 Å². The van der Waals surface area contributed by atoms with E-state index < -0.39 is 0 Å². The summed E-state index contributed by atoms with van der Waals surface area (Å²) >= 11 is 0. The molecule has 20 heavy (non-hydrogen) atoms. The first kappa shape index (κ1) is 13.4. The fourth-order valence-corrected chi connectivity index (χ4v) is 3.13. The Kier molecular flexibility index (Phi) is 4.22. The van der Waals surface area contributed by atoms with Crippen molar-refractivity contribution in [2.75, 3.05) is 13.1 Å². The molecule has 1 saturated heterocycles. The molecule has 0 amide bonds. The van der Waals surface area contributed by atoms with Crippen LogP contribution in [0.2, 0.25) is 0 Å². The van der Waals surface area contributed by atoms with Crippen molar-refractivity contribution in [1.82, 2.24) is 5.32 Å². The molecule has 106 valence electrons. The van der Waals surface area contributed by atoms with Crippen molar-refractivity contribution in [3.63, 3.8) is 0 Å². The van der Waals surface area contributed by atoms with E-state index in [9.17, 15) is 0 Å². The Balaban J connectivity index is 1.86. The van der Waals surface area contributed by atoms with Gasteiger partial charge in [-0.1, -0.05) is 49.7 Å². The van der Waals surface area contributed by atoms with Gasteiger partial charge in [0.05, 0.1) is 0 Å². The van der Waals surface area contributed by atoms with Crippen LogP contribution in [0.1, 0.15) is 26.2 Å².